The minimum absolute atomic E-state index is 0.113. The summed E-state index contributed by atoms with van der Waals surface area (Å²) < 4.78 is 49.9. The highest BCUT2D eigenvalue weighted by Crippen LogP contribution is 2.44. The third-order valence-corrected chi connectivity index (χ3v) is 5.45. The maximum Gasteiger partial charge on any atom is 0.407 e. The fraction of sp³-hybridized carbons (Fsp3) is 0.348. The van der Waals surface area contributed by atoms with E-state index in [-0.39, 0.29) is 12.5 Å². The number of carboxylic acids is 1. The zero-order valence-corrected chi connectivity index (χ0v) is 18.1. The summed E-state index contributed by atoms with van der Waals surface area (Å²) in [6, 6.07) is 13.5. The van der Waals surface area contributed by atoms with Gasteiger partial charge in [-0.1, -0.05) is 48.5 Å². The van der Waals surface area contributed by atoms with Crippen molar-refractivity contribution in [3.63, 3.8) is 0 Å². The lowest BCUT2D eigenvalue weighted by atomic mass is 9.98. The van der Waals surface area contributed by atoms with Gasteiger partial charge in [-0.05, 0) is 22.3 Å². The number of alkyl carbamates (subject to hydrolysis) is 1. The van der Waals surface area contributed by atoms with Gasteiger partial charge in [0.05, 0.1) is 6.61 Å². The number of hydrogen-bond donors (Lipinski definition) is 3. The maximum absolute atomic E-state index is 13.4. The molecular weight excluding hydrogens is 457 g/mol. The second-order valence-corrected chi connectivity index (χ2v) is 7.66. The van der Waals surface area contributed by atoms with E-state index in [1.54, 1.807) is 5.32 Å². The molecule has 2 amide bonds. The fourth-order valence-corrected chi connectivity index (χ4v) is 3.81. The summed E-state index contributed by atoms with van der Waals surface area (Å²) in [5.74, 6) is -6.12. The van der Waals surface area contributed by atoms with Crippen LogP contribution in [0.4, 0.5) is 18.0 Å². The van der Waals surface area contributed by atoms with Crippen molar-refractivity contribution in [2.24, 2.45) is 5.92 Å². The number of benzene rings is 2. The number of carbonyl (C=O) groups is 3. The standard InChI is InChI=1S/C23H23F3N2O6/c1-33-12-19(21(30)31)28-20(29)18(23(24,25)26)10-27-22(32)34-11-17-15-8-4-2-6-13(15)14-7-3-5-9-16(14)17/h2-9,17-19H,10-12H2,1H3,(H,27,32)(H,28,29)(H,30,31). The Kier molecular flexibility index (Phi) is 7.77. The molecule has 1 aliphatic carbocycles. The molecule has 8 nitrogen and oxygen atoms in total. The van der Waals surface area contributed by atoms with Crippen LogP contribution in [0.1, 0.15) is 17.0 Å². The lowest BCUT2D eigenvalue weighted by molar-refractivity contribution is -0.182. The lowest BCUT2D eigenvalue weighted by Gasteiger charge is -2.22. The molecule has 0 heterocycles. The molecule has 11 heteroatoms. The molecule has 2 atom stereocenters. The van der Waals surface area contributed by atoms with Gasteiger partial charge < -0.3 is 25.2 Å². The molecule has 182 valence electrons. The van der Waals surface area contributed by atoms with Gasteiger partial charge in [0.2, 0.25) is 5.91 Å². The van der Waals surface area contributed by atoms with E-state index < -0.39 is 49.3 Å². The molecule has 2 aromatic carbocycles. The Bertz CT molecular complexity index is 1010. The first kappa shape index (κ1) is 25.0. The van der Waals surface area contributed by atoms with Crippen LogP contribution in [0.25, 0.3) is 11.1 Å². The molecule has 2 unspecified atom stereocenters. The van der Waals surface area contributed by atoms with Crippen LogP contribution < -0.4 is 10.6 Å². The Labute approximate surface area is 193 Å². The molecular formula is C23H23F3N2O6. The second kappa shape index (κ2) is 10.6. The van der Waals surface area contributed by atoms with E-state index in [9.17, 15) is 27.6 Å². The van der Waals surface area contributed by atoms with E-state index in [1.807, 2.05) is 53.8 Å². The molecule has 3 N–H and O–H groups in total. The van der Waals surface area contributed by atoms with E-state index in [1.165, 1.54) is 0 Å². The van der Waals surface area contributed by atoms with E-state index in [0.29, 0.717) is 0 Å². The molecule has 0 aromatic heterocycles. The number of amides is 2. The third kappa shape index (κ3) is 5.66. The van der Waals surface area contributed by atoms with Crippen molar-refractivity contribution in [2.45, 2.75) is 18.1 Å². The predicted molar refractivity (Wildman–Crippen MR) is 114 cm³/mol. The average Bonchev–Trinajstić information content (AvgIpc) is 3.10. The minimum atomic E-state index is -5.03. The molecule has 34 heavy (non-hydrogen) atoms. The highest BCUT2D eigenvalue weighted by molar-refractivity contribution is 5.86. The molecule has 0 spiro atoms. The molecule has 0 radical (unpaired) electrons. The third-order valence-electron chi connectivity index (χ3n) is 5.45. The van der Waals surface area contributed by atoms with E-state index >= 15 is 0 Å². The second-order valence-electron chi connectivity index (χ2n) is 7.66. The van der Waals surface area contributed by atoms with Crippen LogP contribution in [0.2, 0.25) is 0 Å². The fourth-order valence-electron chi connectivity index (χ4n) is 3.81. The normalized spacial score (nSPS) is 14.5. The number of ether oxygens (including phenoxy) is 2. The van der Waals surface area contributed by atoms with Gasteiger partial charge in [-0.2, -0.15) is 13.2 Å². The number of carboxylic acid groups (broad SMARTS) is 1. The maximum atomic E-state index is 13.4. The van der Waals surface area contributed by atoms with Gasteiger partial charge in [-0.3, -0.25) is 4.79 Å². The molecule has 0 fully saturated rings. The van der Waals surface area contributed by atoms with Crippen molar-refractivity contribution in [1.82, 2.24) is 10.6 Å². The van der Waals surface area contributed by atoms with E-state index in [0.717, 1.165) is 29.4 Å². The van der Waals surface area contributed by atoms with Crippen molar-refractivity contribution in [3.8, 4) is 11.1 Å². The number of rotatable bonds is 9. The topological polar surface area (TPSA) is 114 Å². The summed E-state index contributed by atoms with van der Waals surface area (Å²) in [6.07, 6.45) is -6.16. The Morgan fingerprint density at radius 2 is 1.59 bits per heavy atom. The number of methoxy groups -OCH3 is 1. The quantitative estimate of drug-likeness (QED) is 0.509. The Balaban J connectivity index is 1.62. The highest BCUT2D eigenvalue weighted by Gasteiger charge is 2.46. The largest absolute Gasteiger partial charge is 0.480 e. The Morgan fingerprint density at radius 1 is 1.03 bits per heavy atom. The zero-order chi connectivity index (χ0) is 24.9. The number of carbonyl (C=O) groups excluding carboxylic acids is 2. The summed E-state index contributed by atoms with van der Waals surface area (Å²) in [4.78, 5) is 35.3. The molecule has 3 rings (SSSR count). The van der Waals surface area contributed by atoms with E-state index in [4.69, 9.17) is 9.84 Å². The summed E-state index contributed by atoms with van der Waals surface area (Å²) in [5, 5.41) is 12.7. The highest BCUT2D eigenvalue weighted by atomic mass is 19.4. The van der Waals surface area contributed by atoms with Crippen LogP contribution in [0, 0.1) is 5.92 Å². The minimum Gasteiger partial charge on any atom is -0.480 e. The Morgan fingerprint density at radius 3 is 2.09 bits per heavy atom. The van der Waals surface area contributed by atoms with Crippen LogP contribution in [0.5, 0.6) is 0 Å². The first-order valence-electron chi connectivity index (χ1n) is 10.3. The van der Waals surface area contributed by atoms with Gasteiger partial charge in [-0.15, -0.1) is 0 Å². The van der Waals surface area contributed by atoms with Gasteiger partial charge in [-0.25, -0.2) is 9.59 Å². The van der Waals surface area contributed by atoms with Crippen molar-refractivity contribution < 1.29 is 42.1 Å². The summed E-state index contributed by atoms with van der Waals surface area (Å²) >= 11 is 0. The first-order chi connectivity index (χ1) is 16.1. The first-order valence-corrected chi connectivity index (χ1v) is 10.3. The van der Waals surface area contributed by atoms with Gasteiger partial charge in [0.15, 0.2) is 12.0 Å². The molecule has 2 aromatic rings. The molecule has 0 bridgehead atoms. The SMILES string of the molecule is COCC(NC(=O)C(CNC(=O)OCC1c2ccccc2-c2ccccc21)C(F)(F)F)C(=O)O. The Hall–Kier alpha value is -3.60. The van der Waals surface area contributed by atoms with Crippen molar-refractivity contribution >= 4 is 18.0 Å². The van der Waals surface area contributed by atoms with Gasteiger partial charge in [0.25, 0.3) is 0 Å². The van der Waals surface area contributed by atoms with Crippen molar-refractivity contribution in [3.05, 3.63) is 59.7 Å². The van der Waals surface area contributed by atoms with Crippen molar-refractivity contribution in [1.29, 1.82) is 0 Å². The van der Waals surface area contributed by atoms with Crippen molar-refractivity contribution in [2.75, 3.05) is 26.9 Å². The summed E-state index contributed by atoms with van der Waals surface area (Å²) in [5.41, 5.74) is 3.85. The number of fused-ring (bicyclic) bond motifs is 3. The van der Waals surface area contributed by atoms with Gasteiger partial charge >= 0.3 is 18.2 Å². The monoisotopic (exact) mass is 480 g/mol. The van der Waals surface area contributed by atoms with Crippen LogP contribution in [-0.4, -0.2) is 62.2 Å². The van der Waals surface area contributed by atoms with Gasteiger partial charge in [0, 0.05) is 19.6 Å². The predicted octanol–water partition coefficient (Wildman–Crippen LogP) is 2.92. The summed E-state index contributed by atoms with van der Waals surface area (Å²) in [6.45, 7) is -1.76. The summed E-state index contributed by atoms with van der Waals surface area (Å²) in [7, 11) is 1.14. The van der Waals surface area contributed by atoms with Crippen LogP contribution >= 0.6 is 0 Å². The number of halogens is 3. The molecule has 1 aliphatic rings. The lowest BCUT2D eigenvalue weighted by Crippen LogP contribution is -2.52. The zero-order valence-electron chi connectivity index (χ0n) is 18.1. The molecule has 0 aliphatic heterocycles. The average molecular weight is 480 g/mol. The molecule has 0 saturated heterocycles. The van der Waals surface area contributed by atoms with Crippen LogP contribution in [-0.2, 0) is 19.1 Å². The van der Waals surface area contributed by atoms with Crippen LogP contribution in [0.15, 0.2) is 48.5 Å². The number of nitrogens with one attached hydrogen (secondary N) is 2. The smallest absolute Gasteiger partial charge is 0.407 e. The number of alkyl halides is 3. The van der Waals surface area contributed by atoms with E-state index in [2.05, 4.69) is 4.74 Å². The van der Waals surface area contributed by atoms with Crippen LogP contribution in [0.3, 0.4) is 0 Å². The van der Waals surface area contributed by atoms with Gasteiger partial charge in [0.1, 0.15) is 6.61 Å². The number of hydrogen-bond acceptors (Lipinski definition) is 5. The number of aliphatic carboxylic acids is 1. The molecule has 0 saturated carbocycles.